The van der Waals surface area contributed by atoms with Gasteiger partial charge in [-0.1, -0.05) is 12.0 Å². The number of rotatable bonds is 5. The highest BCUT2D eigenvalue weighted by Gasteiger charge is 2.28. The third-order valence-corrected chi connectivity index (χ3v) is 6.44. The van der Waals surface area contributed by atoms with Crippen molar-refractivity contribution in [2.24, 2.45) is 0 Å². The van der Waals surface area contributed by atoms with E-state index in [-0.39, 0.29) is 12.1 Å². The van der Waals surface area contributed by atoms with Gasteiger partial charge in [-0.15, -0.1) is 6.42 Å². The molecule has 2 aliphatic heterocycles. The number of terminal acetylenes is 1. The van der Waals surface area contributed by atoms with Crippen LogP contribution in [0.2, 0.25) is 0 Å². The summed E-state index contributed by atoms with van der Waals surface area (Å²) < 4.78 is 17.3. The third-order valence-electron chi connectivity index (χ3n) is 6.44. The van der Waals surface area contributed by atoms with Gasteiger partial charge in [-0.05, 0) is 24.3 Å². The van der Waals surface area contributed by atoms with Crippen LogP contribution in [-0.2, 0) is 4.74 Å². The number of nitrogens with one attached hydrogen (secondary N) is 1. The zero-order chi connectivity index (χ0) is 24.9. The van der Waals surface area contributed by atoms with Crippen LogP contribution in [0.15, 0.2) is 42.6 Å². The number of anilines is 2. The summed E-state index contributed by atoms with van der Waals surface area (Å²) in [5.41, 5.74) is 2.33. The Morgan fingerprint density at radius 2 is 1.89 bits per heavy atom. The summed E-state index contributed by atoms with van der Waals surface area (Å²) >= 11 is 0. The molecule has 2 saturated heterocycles. The van der Waals surface area contributed by atoms with Crippen LogP contribution in [0.5, 0.6) is 11.5 Å². The van der Waals surface area contributed by atoms with Crippen LogP contribution in [0.3, 0.4) is 0 Å². The number of ether oxygens (including phenoxy) is 3. The number of likely N-dealkylation sites (tertiary alicyclic amines) is 1. The van der Waals surface area contributed by atoms with Crippen LogP contribution in [0.4, 0.5) is 16.4 Å². The van der Waals surface area contributed by atoms with Gasteiger partial charge in [0.05, 0.1) is 25.8 Å². The third kappa shape index (κ3) is 5.29. The molecule has 0 spiro atoms. The fraction of sp³-hybridized carbons (Fsp3) is 0.370. The van der Waals surface area contributed by atoms with Gasteiger partial charge >= 0.3 is 6.03 Å². The molecule has 186 valence electrons. The standard InChI is InChI=1S/C27H29N5O4/c1-3-19-5-4-6-21(15-19)29-26-28-18-20-16-25(24(34-2)17-23(20)30-26)36-22-7-9-31(10-8-22)27(33)32-11-13-35-14-12-32/h1,4-6,15-18,22H,7-14H2,2H3,(H,28,29,30). The zero-order valence-electron chi connectivity index (χ0n) is 20.3. The number of carbonyl (C=O) groups is 1. The van der Waals surface area contributed by atoms with Crippen LogP contribution in [0.25, 0.3) is 10.9 Å². The Kier molecular flexibility index (Phi) is 7.05. The van der Waals surface area contributed by atoms with Crippen molar-refractivity contribution in [2.45, 2.75) is 18.9 Å². The van der Waals surface area contributed by atoms with Crippen molar-refractivity contribution in [3.8, 4) is 23.8 Å². The van der Waals surface area contributed by atoms with Crippen LogP contribution in [-0.4, -0.2) is 78.4 Å². The molecule has 9 heteroatoms. The molecule has 2 aliphatic rings. The lowest BCUT2D eigenvalue weighted by Crippen LogP contribution is -2.51. The quantitative estimate of drug-likeness (QED) is 0.550. The number of carbonyl (C=O) groups excluding carboxylic acids is 1. The average molecular weight is 488 g/mol. The molecule has 2 aromatic carbocycles. The Morgan fingerprint density at radius 1 is 1.11 bits per heavy atom. The van der Waals surface area contributed by atoms with E-state index in [2.05, 4.69) is 21.2 Å². The van der Waals surface area contributed by atoms with Gasteiger partial charge in [0.25, 0.3) is 0 Å². The molecule has 1 N–H and O–H groups in total. The largest absolute Gasteiger partial charge is 0.493 e. The monoisotopic (exact) mass is 487 g/mol. The van der Waals surface area contributed by atoms with Crippen molar-refractivity contribution in [2.75, 3.05) is 51.8 Å². The van der Waals surface area contributed by atoms with E-state index < -0.39 is 0 Å². The SMILES string of the molecule is C#Cc1cccc(Nc2ncc3cc(OC4CCN(C(=O)N5CCOCC5)CC4)c(OC)cc3n2)c1. The van der Waals surface area contributed by atoms with E-state index in [0.717, 1.165) is 35.0 Å². The summed E-state index contributed by atoms with van der Waals surface area (Å²) in [4.78, 5) is 25.6. The summed E-state index contributed by atoms with van der Waals surface area (Å²) in [6, 6.07) is 11.4. The molecule has 2 amide bonds. The normalized spacial score (nSPS) is 16.4. The number of aromatic nitrogens is 2. The van der Waals surface area contributed by atoms with Gasteiger partial charge < -0.3 is 29.3 Å². The van der Waals surface area contributed by atoms with Gasteiger partial charge in [0, 0.05) is 67.9 Å². The number of methoxy groups -OCH3 is 1. The Morgan fingerprint density at radius 3 is 2.64 bits per heavy atom. The predicted octanol–water partition coefficient (Wildman–Crippen LogP) is 3.66. The number of urea groups is 1. The van der Waals surface area contributed by atoms with Crippen molar-refractivity contribution >= 4 is 28.6 Å². The lowest BCUT2D eigenvalue weighted by Gasteiger charge is -2.37. The highest BCUT2D eigenvalue weighted by Crippen LogP contribution is 2.34. The molecule has 9 nitrogen and oxygen atoms in total. The van der Waals surface area contributed by atoms with E-state index in [1.807, 2.05) is 46.2 Å². The topological polar surface area (TPSA) is 89.1 Å². The first-order chi connectivity index (χ1) is 17.6. The van der Waals surface area contributed by atoms with Gasteiger partial charge in [-0.3, -0.25) is 0 Å². The molecular formula is C27H29N5O4. The van der Waals surface area contributed by atoms with E-state index in [4.69, 9.17) is 20.6 Å². The molecule has 0 radical (unpaired) electrons. The number of fused-ring (bicyclic) bond motifs is 1. The van der Waals surface area contributed by atoms with Crippen molar-refractivity contribution in [1.29, 1.82) is 0 Å². The van der Waals surface area contributed by atoms with Crippen LogP contribution < -0.4 is 14.8 Å². The summed E-state index contributed by atoms with van der Waals surface area (Å²) in [5.74, 6) is 4.34. The molecule has 0 unspecified atom stereocenters. The average Bonchev–Trinajstić information content (AvgIpc) is 2.93. The predicted molar refractivity (Wildman–Crippen MR) is 137 cm³/mol. The number of benzene rings is 2. The fourth-order valence-corrected chi connectivity index (χ4v) is 4.47. The molecule has 2 fully saturated rings. The van der Waals surface area contributed by atoms with E-state index in [1.54, 1.807) is 13.3 Å². The summed E-state index contributed by atoms with van der Waals surface area (Å²) in [6.07, 6.45) is 8.76. The second kappa shape index (κ2) is 10.7. The van der Waals surface area contributed by atoms with Crippen LogP contribution in [0.1, 0.15) is 18.4 Å². The molecule has 0 saturated carbocycles. The van der Waals surface area contributed by atoms with Crippen LogP contribution >= 0.6 is 0 Å². The molecule has 3 heterocycles. The number of piperidine rings is 1. The van der Waals surface area contributed by atoms with Crippen molar-refractivity contribution in [3.63, 3.8) is 0 Å². The van der Waals surface area contributed by atoms with E-state index in [9.17, 15) is 4.79 Å². The Balaban J connectivity index is 1.25. The fourth-order valence-electron chi connectivity index (χ4n) is 4.47. The highest BCUT2D eigenvalue weighted by atomic mass is 16.5. The summed E-state index contributed by atoms with van der Waals surface area (Å²) in [7, 11) is 1.61. The first-order valence-corrected chi connectivity index (χ1v) is 12.1. The maximum Gasteiger partial charge on any atom is 0.320 e. The second-order valence-electron chi connectivity index (χ2n) is 8.79. The van der Waals surface area contributed by atoms with E-state index in [0.29, 0.717) is 56.8 Å². The number of hydrogen-bond donors (Lipinski definition) is 1. The van der Waals surface area contributed by atoms with E-state index in [1.165, 1.54) is 0 Å². The Bertz CT molecular complexity index is 1280. The lowest BCUT2D eigenvalue weighted by molar-refractivity contribution is 0.0359. The molecule has 5 rings (SSSR count). The van der Waals surface area contributed by atoms with E-state index >= 15 is 0 Å². The first kappa shape index (κ1) is 23.7. The molecule has 36 heavy (non-hydrogen) atoms. The molecule has 3 aromatic rings. The molecule has 0 atom stereocenters. The smallest absolute Gasteiger partial charge is 0.320 e. The van der Waals surface area contributed by atoms with Gasteiger partial charge in [0.1, 0.15) is 6.10 Å². The first-order valence-electron chi connectivity index (χ1n) is 12.1. The molecule has 0 aliphatic carbocycles. The Hall–Kier alpha value is -4.03. The minimum atomic E-state index is -0.00428. The maximum atomic E-state index is 12.7. The number of morpholine rings is 1. The number of nitrogens with zero attached hydrogens (tertiary/aromatic N) is 4. The van der Waals surface area contributed by atoms with Gasteiger partial charge in [0.2, 0.25) is 5.95 Å². The number of amides is 2. The molecular weight excluding hydrogens is 458 g/mol. The summed E-state index contributed by atoms with van der Waals surface area (Å²) in [6.45, 7) is 3.84. The molecule has 1 aromatic heterocycles. The van der Waals surface area contributed by atoms with Gasteiger partial charge in [0.15, 0.2) is 11.5 Å². The van der Waals surface area contributed by atoms with Gasteiger partial charge in [-0.25, -0.2) is 14.8 Å². The second-order valence-corrected chi connectivity index (χ2v) is 8.79. The minimum Gasteiger partial charge on any atom is -0.493 e. The lowest BCUT2D eigenvalue weighted by atomic mass is 10.1. The van der Waals surface area contributed by atoms with Gasteiger partial charge in [-0.2, -0.15) is 0 Å². The molecule has 0 bridgehead atoms. The minimum absolute atomic E-state index is 0.00428. The number of hydrogen-bond acceptors (Lipinski definition) is 7. The summed E-state index contributed by atoms with van der Waals surface area (Å²) in [5, 5.41) is 4.03. The zero-order valence-corrected chi connectivity index (χ0v) is 20.3. The van der Waals surface area contributed by atoms with Crippen molar-refractivity contribution in [1.82, 2.24) is 19.8 Å². The van der Waals surface area contributed by atoms with Crippen molar-refractivity contribution < 1.29 is 19.0 Å². The van der Waals surface area contributed by atoms with Crippen LogP contribution in [0, 0.1) is 12.3 Å². The maximum absolute atomic E-state index is 12.7. The van der Waals surface area contributed by atoms with Crippen molar-refractivity contribution in [3.05, 3.63) is 48.2 Å². The highest BCUT2D eigenvalue weighted by molar-refractivity contribution is 5.83. The Labute approximate surface area is 210 Å².